The standard InChI is InChI=1S/C12H18N2O4S3/c1-9(13-21(17,18)11-3-2-5-20-11)12(16)14-4-6-19-8-10(14)7-15/h2-3,5,9-10,13,15H,4,6-8H2,1H3/t9-,10-/m1/s1. The molecular formula is C12H18N2O4S3. The van der Waals surface area contributed by atoms with Crippen molar-refractivity contribution in [2.45, 2.75) is 23.2 Å². The maximum Gasteiger partial charge on any atom is 0.250 e. The largest absolute Gasteiger partial charge is 0.394 e. The van der Waals surface area contributed by atoms with Gasteiger partial charge in [-0.25, -0.2) is 8.42 Å². The summed E-state index contributed by atoms with van der Waals surface area (Å²) < 4.78 is 26.8. The molecule has 0 bridgehead atoms. The molecule has 0 unspecified atom stereocenters. The SMILES string of the molecule is C[C@@H](NS(=O)(=O)c1cccs1)C(=O)N1CCSC[C@H]1CO. The van der Waals surface area contributed by atoms with E-state index >= 15 is 0 Å². The number of carbonyl (C=O) groups is 1. The van der Waals surface area contributed by atoms with Gasteiger partial charge >= 0.3 is 0 Å². The van der Waals surface area contributed by atoms with Crippen molar-refractivity contribution in [1.29, 1.82) is 0 Å². The van der Waals surface area contributed by atoms with E-state index in [0.717, 1.165) is 17.1 Å². The summed E-state index contributed by atoms with van der Waals surface area (Å²) >= 11 is 2.79. The van der Waals surface area contributed by atoms with Gasteiger partial charge in [0, 0.05) is 18.1 Å². The van der Waals surface area contributed by atoms with Crippen LogP contribution in [0.15, 0.2) is 21.7 Å². The van der Waals surface area contributed by atoms with Crippen LogP contribution in [0.4, 0.5) is 0 Å². The van der Waals surface area contributed by atoms with Crippen LogP contribution in [0.5, 0.6) is 0 Å². The summed E-state index contributed by atoms with van der Waals surface area (Å²) in [5, 5.41) is 11.0. The number of aliphatic hydroxyl groups excluding tert-OH is 1. The molecule has 2 N–H and O–H groups in total. The van der Waals surface area contributed by atoms with Crippen molar-refractivity contribution in [3.05, 3.63) is 17.5 Å². The molecule has 1 aromatic heterocycles. The fraction of sp³-hybridized carbons (Fsp3) is 0.583. The van der Waals surface area contributed by atoms with E-state index in [4.69, 9.17) is 0 Å². The Hall–Kier alpha value is -0.610. The molecule has 9 heteroatoms. The predicted octanol–water partition coefficient (Wildman–Crippen LogP) is 0.351. The number of hydrogen-bond donors (Lipinski definition) is 2. The highest BCUT2D eigenvalue weighted by Gasteiger charge is 2.31. The summed E-state index contributed by atoms with van der Waals surface area (Å²) in [5.74, 6) is 1.17. The highest BCUT2D eigenvalue weighted by Crippen LogP contribution is 2.19. The summed E-state index contributed by atoms with van der Waals surface area (Å²) in [6.45, 7) is 1.95. The molecular weight excluding hydrogens is 332 g/mol. The number of sulfonamides is 1. The number of nitrogens with one attached hydrogen (secondary N) is 1. The van der Waals surface area contributed by atoms with E-state index in [1.54, 1.807) is 28.1 Å². The number of rotatable bonds is 5. The zero-order valence-electron chi connectivity index (χ0n) is 11.6. The third-order valence-electron chi connectivity index (χ3n) is 3.18. The summed E-state index contributed by atoms with van der Waals surface area (Å²) in [7, 11) is -3.67. The van der Waals surface area contributed by atoms with Crippen molar-refractivity contribution >= 4 is 39.0 Å². The molecule has 1 amide bonds. The van der Waals surface area contributed by atoms with Gasteiger partial charge in [-0.2, -0.15) is 16.5 Å². The molecule has 0 radical (unpaired) electrons. The second-order valence-electron chi connectivity index (χ2n) is 4.72. The molecule has 1 saturated heterocycles. The Balaban J connectivity index is 2.05. The molecule has 1 aromatic rings. The summed E-state index contributed by atoms with van der Waals surface area (Å²) in [5.41, 5.74) is 0. The minimum absolute atomic E-state index is 0.108. The normalized spacial score (nSPS) is 21.2. The van der Waals surface area contributed by atoms with Crippen LogP contribution in [0.25, 0.3) is 0 Å². The first-order valence-corrected chi connectivity index (χ1v) is 10.0. The number of aliphatic hydroxyl groups is 1. The van der Waals surface area contributed by atoms with Crippen molar-refractivity contribution in [3.63, 3.8) is 0 Å². The molecule has 1 fully saturated rings. The number of amides is 1. The third kappa shape index (κ3) is 3.98. The molecule has 1 aliphatic heterocycles. The monoisotopic (exact) mass is 350 g/mol. The predicted molar refractivity (Wildman–Crippen MR) is 84.0 cm³/mol. The van der Waals surface area contributed by atoms with E-state index in [-0.39, 0.29) is 22.8 Å². The Morgan fingerprint density at radius 3 is 3.00 bits per heavy atom. The second kappa shape index (κ2) is 7.10. The van der Waals surface area contributed by atoms with Crippen LogP contribution in [-0.4, -0.2) is 61.1 Å². The molecule has 2 atom stereocenters. The molecule has 0 aliphatic carbocycles. The first-order chi connectivity index (χ1) is 9.95. The smallest absolute Gasteiger partial charge is 0.250 e. The van der Waals surface area contributed by atoms with Crippen molar-refractivity contribution in [2.24, 2.45) is 0 Å². The highest BCUT2D eigenvalue weighted by atomic mass is 32.2. The average Bonchev–Trinajstić information content (AvgIpc) is 3.01. The quantitative estimate of drug-likeness (QED) is 0.800. The summed E-state index contributed by atoms with van der Waals surface area (Å²) in [4.78, 5) is 14.0. The molecule has 118 valence electrons. The lowest BCUT2D eigenvalue weighted by Gasteiger charge is -2.35. The highest BCUT2D eigenvalue weighted by molar-refractivity contribution is 7.99. The van der Waals surface area contributed by atoms with Crippen molar-refractivity contribution < 1.29 is 18.3 Å². The van der Waals surface area contributed by atoms with Gasteiger partial charge in [0.15, 0.2) is 0 Å². The Labute approximate surface area is 132 Å². The second-order valence-corrected chi connectivity index (χ2v) is 8.76. The van der Waals surface area contributed by atoms with Crippen LogP contribution < -0.4 is 4.72 Å². The van der Waals surface area contributed by atoms with Gasteiger partial charge in [-0.05, 0) is 18.4 Å². The van der Waals surface area contributed by atoms with Crippen LogP contribution in [-0.2, 0) is 14.8 Å². The first-order valence-electron chi connectivity index (χ1n) is 6.50. The fourth-order valence-electron chi connectivity index (χ4n) is 2.10. The van der Waals surface area contributed by atoms with Gasteiger partial charge in [-0.3, -0.25) is 4.79 Å². The van der Waals surface area contributed by atoms with Gasteiger partial charge in [0.05, 0.1) is 18.7 Å². The third-order valence-corrected chi connectivity index (χ3v) is 7.21. The van der Waals surface area contributed by atoms with Crippen LogP contribution in [0.3, 0.4) is 0 Å². The Bertz CT molecular complexity index is 573. The lowest BCUT2D eigenvalue weighted by atomic mass is 10.2. The van der Waals surface area contributed by atoms with E-state index in [2.05, 4.69) is 4.72 Å². The lowest BCUT2D eigenvalue weighted by Crippen LogP contribution is -2.54. The van der Waals surface area contributed by atoms with Crippen LogP contribution in [0.2, 0.25) is 0 Å². The average molecular weight is 350 g/mol. The maximum absolute atomic E-state index is 12.4. The molecule has 2 heterocycles. The van der Waals surface area contributed by atoms with E-state index in [1.165, 1.54) is 13.0 Å². The Morgan fingerprint density at radius 2 is 2.38 bits per heavy atom. The van der Waals surface area contributed by atoms with Crippen LogP contribution >= 0.6 is 23.1 Å². The minimum Gasteiger partial charge on any atom is -0.394 e. The minimum atomic E-state index is -3.67. The van der Waals surface area contributed by atoms with E-state index in [0.29, 0.717) is 12.3 Å². The molecule has 0 aromatic carbocycles. The van der Waals surface area contributed by atoms with Crippen LogP contribution in [0.1, 0.15) is 6.92 Å². The van der Waals surface area contributed by atoms with Crippen molar-refractivity contribution in [1.82, 2.24) is 9.62 Å². The molecule has 2 rings (SSSR count). The summed E-state index contributed by atoms with van der Waals surface area (Å²) in [6.07, 6.45) is 0. The van der Waals surface area contributed by atoms with E-state index < -0.39 is 16.1 Å². The lowest BCUT2D eigenvalue weighted by molar-refractivity contribution is -0.135. The van der Waals surface area contributed by atoms with Gasteiger partial charge in [0.2, 0.25) is 5.91 Å². The topological polar surface area (TPSA) is 86.7 Å². The van der Waals surface area contributed by atoms with Gasteiger partial charge in [0.1, 0.15) is 4.21 Å². The summed E-state index contributed by atoms with van der Waals surface area (Å²) in [6, 6.07) is 2.05. The van der Waals surface area contributed by atoms with Crippen molar-refractivity contribution in [2.75, 3.05) is 24.7 Å². The number of carbonyl (C=O) groups excluding carboxylic acids is 1. The number of thiophene rings is 1. The molecule has 1 aliphatic rings. The van der Waals surface area contributed by atoms with Gasteiger partial charge < -0.3 is 10.0 Å². The van der Waals surface area contributed by atoms with E-state index in [1.807, 2.05) is 0 Å². The Kier molecular flexibility index (Phi) is 5.67. The number of hydrogen-bond acceptors (Lipinski definition) is 6. The molecule has 0 saturated carbocycles. The number of nitrogens with zero attached hydrogens (tertiary/aromatic N) is 1. The van der Waals surface area contributed by atoms with Gasteiger partial charge in [-0.1, -0.05) is 6.07 Å². The van der Waals surface area contributed by atoms with Gasteiger partial charge in [0.25, 0.3) is 10.0 Å². The molecule has 21 heavy (non-hydrogen) atoms. The zero-order chi connectivity index (χ0) is 15.5. The molecule has 0 spiro atoms. The van der Waals surface area contributed by atoms with Gasteiger partial charge in [-0.15, -0.1) is 11.3 Å². The fourth-order valence-corrected chi connectivity index (χ4v) is 5.36. The first kappa shape index (κ1) is 16.8. The molecule has 6 nitrogen and oxygen atoms in total. The van der Waals surface area contributed by atoms with Crippen molar-refractivity contribution in [3.8, 4) is 0 Å². The Morgan fingerprint density at radius 1 is 1.62 bits per heavy atom. The zero-order valence-corrected chi connectivity index (χ0v) is 14.0. The number of thioether (sulfide) groups is 1. The van der Waals surface area contributed by atoms with E-state index in [9.17, 15) is 18.3 Å². The maximum atomic E-state index is 12.4. The van der Waals surface area contributed by atoms with Crippen LogP contribution in [0, 0.1) is 0 Å².